The van der Waals surface area contributed by atoms with E-state index in [4.69, 9.17) is 5.11 Å². The van der Waals surface area contributed by atoms with Crippen LogP contribution in [-0.2, 0) is 0 Å². The number of aliphatic hydroxyl groups excluding tert-OH is 1. The molecule has 0 aliphatic heterocycles. The largest absolute Gasteiger partial charge is 0.396 e. The Morgan fingerprint density at radius 1 is 1.58 bits per heavy atom. The molecule has 0 bridgehead atoms. The Balaban J connectivity index is 2.86. The number of nitrogens with one attached hydrogen (secondary N) is 1. The average Bonchev–Trinajstić information content (AvgIpc) is 2.35. The van der Waals surface area contributed by atoms with Gasteiger partial charge in [0.15, 0.2) is 0 Å². The Labute approximate surface area is 109 Å². The van der Waals surface area contributed by atoms with Crippen molar-refractivity contribution in [2.75, 3.05) is 6.61 Å². The summed E-state index contributed by atoms with van der Waals surface area (Å²) >= 11 is 0. The van der Waals surface area contributed by atoms with Gasteiger partial charge in [-0.1, -0.05) is 0 Å². The van der Waals surface area contributed by atoms with Gasteiger partial charge in [-0.05, 0) is 31.9 Å². The van der Waals surface area contributed by atoms with E-state index >= 15 is 0 Å². The molecule has 1 atom stereocenters. The van der Waals surface area contributed by atoms with Gasteiger partial charge in [0.2, 0.25) is 0 Å². The van der Waals surface area contributed by atoms with Crippen molar-refractivity contribution >= 4 is 11.6 Å². The molecule has 0 heterocycles. The molecule has 1 amide bonds. The zero-order valence-electron chi connectivity index (χ0n) is 10.4. The molecule has 0 saturated heterocycles. The van der Waals surface area contributed by atoms with Crippen LogP contribution in [0.3, 0.4) is 0 Å². The van der Waals surface area contributed by atoms with Crippen molar-refractivity contribution in [1.29, 1.82) is 0 Å². The Morgan fingerprint density at radius 3 is 2.84 bits per heavy atom. The van der Waals surface area contributed by atoms with Crippen molar-refractivity contribution in [3.05, 3.63) is 39.7 Å². The molecule has 0 fully saturated rings. The summed E-state index contributed by atoms with van der Waals surface area (Å²) in [5.74, 6) is -1.41. The topological polar surface area (TPSA) is 92.5 Å². The van der Waals surface area contributed by atoms with Crippen LogP contribution in [0.4, 0.5) is 10.1 Å². The minimum atomic E-state index is -0.729. The second kappa shape index (κ2) is 6.79. The summed E-state index contributed by atoms with van der Waals surface area (Å²) in [5, 5.41) is 22.0. The van der Waals surface area contributed by atoms with E-state index in [-0.39, 0.29) is 18.2 Å². The minimum Gasteiger partial charge on any atom is -0.396 e. The standard InChI is InChI=1S/C12H15FN2O4/c1-8(3-2-6-16)14-12(17)10-7-9(13)4-5-11(10)15(18)19/h4-5,7-8,16H,2-3,6H2,1H3,(H,14,17). The predicted octanol–water partition coefficient (Wildman–Crippen LogP) is 1.62. The first-order chi connectivity index (χ1) is 8.95. The van der Waals surface area contributed by atoms with Gasteiger partial charge in [0, 0.05) is 18.7 Å². The molecule has 1 aromatic carbocycles. The quantitative estimate of drug-likeness (QED) is 0.607. The zero-order valence-corrected chi connectivity index (χ0v) is 10.4. The monoisotopic (exact) mass is 270 g/mol. The summed E-state index contributed by atoms with van der Waals surface area (Å²) in [7, 11) is 0. The maximum atomic E-state index is 13.1. The highest BCUT2D eigenvalue weighted by atomic mass is 19.1. The highest BCUT2D eigenvalue weighted by molar-refractivity contribution is 5.98. The summed E-state index contributed by atoms with van der Waals surface area (Å²) < 4.78 is 13.1. The van der Waals surface area contributed by atoms with E-state index in [0.717, 1.165) is 18.2 Å². The van der Waals surface area contributed by atoms with E-state index in [9.17, 15) is 19.3 Å². The molecule has 1 aromatic rings. The van der Waals surface area contributed by atoms with E-state index in [1.807, 2.05) is 0 Å². The van der Waals surface area contributed by atoms with Gasteiger partial charge >= 0.3 is 0 Å². The lowest BCUT2D eigenvalue weighted by molar-refractivity contribution is -0.385. The third kappa shape index (κ3) is 4.29. The van der Waals surface area contributed by atoms with Gasteiger partial charge in [0.25, 0.3) is 11.6 Å². The first-order valence-corrected chi connectivity index (χ1v) is 5.81. The van der Waals surface area contributed by atoms with Gasteiger partial charge in [-0.15, -0.1) is 0 Å². The van der Waals surface area contributed by atoms with Crippen LogP contribution in [0.5, 0.6) is 0 Å². The molecule has 0 saturated carbocycles. The Morgan fingerprint density at radius 2 is 2.26 bits per heavy atom. The van der Waals surface area contributed by atoms with Crippen LogP contribution in [0.15, 0.2) is 18.2 Å². The smallest absolute Gasteiger partial charge is 0.282 e. The zero-order chi connectivity index (χ0) is 14.4. The number of aliphatic hydroxyl groups is 1. The van der Waals surface area contributed by atoms with Crippen molar-refractivity contribution in [3.63, 3.8) is 0 Å². The van der Waals surface area contributed by atoms with Crippen LogP contribution in [0.2, 0.25) is 0 Å². The molecular weight excluding hydrogens is 255 g/mol. The first-order valence-electron chi connectivity index (χ1n) is 5.81. The molecule has 2 N–H and O–H groups in total. The fourth-order valence-corrected chi connectivity index (χ4v) is 1.62. The number of nitro groups is 1. The van der Waals surface area contributed by atoms with Gasteiger partial charge in [-0.3, -0.25) is 14.9 Å². The van der Waals surface area contributed by atoms with Crippen LogP contribution in [0.1, 0.15) is 30.1 Å². The summed E-state index contributed by atoms with van der Waals surface area (Å²) in [6.45, 7) is 1.71. The number of nitrogens with zero attached hydrogens (tertiary/aromatic N) is 1. The number of nitro benzene ring substituents is 1. The predicted molar refractivity (Wildman–Crippen MR) is 66.3 cm³/mol. The summed E-state index contributed by atoms with van der Waals surface area (Å²) in [6.07, 6.45) is 1.04. The van der Waals surface area contributed by atoms with Crippen LogP contribution in [0, 0.1) is 15.9 Å². The second-order valence-corrected chi connectivity index (χ2v) is 4.16. The van der Waals surface area contributed by atoms with Crippen LogP contribution >= 0.6 is 0 Å². The number of hydrogen-bond donors (Lipinski definition) is 2. The maximum absolute atomic E-state index is 13.1. The van der Waals surface area contributed by atoms with Crippen molar-refractivity contribution < 1.29 is 19.2 Å². The van der Waals surface area contributed by atoms with Crippen molar-refractivity contribution in [2.45, 2.75) is 25.8 Å². The second-order valence-electron chi connectivity index (χ2n) is 4.16. The highest BCUT2D eigenvalue weighted by Gasteiger charge is 2.21. The SMILES string of the molecule is CC(CCCO)NC(=O)c1cc(F)ccc1[N+](=O)[O-]. The number of hydrogen-bond acceptors (Lipinski definition) is 4. The molecule has 0 aromatic heterocycles. The fraction of sp³-hybridized carbons (Fsp3) is 0.417. The molecule has 0 aliphatic rings. The summed E-state index contributed by atoms with van der Waals surface area (Å²) in [5.41, 5.74) is -0.742. The Bertz CT molecular complexity index is 479. The molecule has 0 aliphatic carbocycles. The molecule has 0 spiro atoms. The maximum Gasteiger partial charge on any atom is 0.282 e. The molecule has 1 rings (SSSR count). The van der Waals surface area contributed by atoms with E-state index in [0.29, 0.717) is 12.8 Å². The molecule has 19 heavy (non-hydrogen) atoms. The lowest BCUT2D eigenvalue weighted by Gasteiger charge is -2.13. The number of amides is 1. The van der Waals surface area contributed by atoms with Gasteiger partial charge in [0.1, 0.15) is 11.4 Å². The Hall–Kier alpha value is -2.02. The lowest BCUT2D eigenvalue weighted by atomic mass is 10.1. The van der Waals surface area contributed by atoms with Crippen molar-refractivity contribution in [2.24, 2.45) is 0 Å². The summed E-state index contributed by atoms with van der Waals surface area (Å²) in [6, 6.07) is 2.47. The van der Waals surface area contributed by atoms with Crippen LogP contribution in [-0.4, -0.2) is 28.6 Å². The van der Waals surface area contributed by atoms with E-state index in [2.05, 4.69) is 5.32 Å². The highest BCUT2D eigenvalue weighted by Crippen LogP contribution is 2.19. The molecule has 1 unspecified atom stereocenters. The van der Waals surface area contributed by atoms with Crippen molar-refractivity contribution in [1.82, 2.24) is 5.32 Å². The third-order valence-electron chi connectivity index (χ3n) is 2.57. The Kier molecular flexibility index (Phi) is 5.37. The van der Waals surface area contributed by atoms with E-state index in [1.54, 1.807) is 6.92 Å². The van der Waals surface area contributed by atoms with Crippen molar-refractivity contribution in [3.8, 4) is 0 Å². The van der Waals surface area contributed by atoms with Crippen LogP contribution in [0.25, 0.3) is 0 Å². The number of carbonyl (C=O) groups excluding carboxylic acids is 1. The molecule has 0 radical (unpaired) electrons. The normalized spacial score (nSPS) is 11.9. The van der Waals surface area contributed by atoms with Gasteiger partial charge < -0.3 is 10.4 Å². The van der Waals surface area contributed by atoms with Crippen LogP contribution < -0.4 is 5.32 Å². The minimum absolute atomic E-state index is 0.000321. The first kappa shape index (κ1) is 15.0. The molecule has 104 valence electrons. The third-order valence-corrected chi connectivity index (χ3v) is 2.57. The molecule has 7 heteroatoms. The van der Waals surface area contributed by atoms with E-state index < -0.39 is 22.3 Å². The molecule has 6 nitrogen and oxygen atoms in total. The lowest BCUT2D eigenvalue weighted by Crippen LogP contribution is -2.33. The number of carbonyl (C=O) groups is 1. The number of benzene rings is 1. The number of rotatable bonds is 6. The van der Waals surface area contributed by atoms with E-state index in [1.165, 1.54) is 0 Å². The van der Waals surface area contributed by atoms with Gasteiger partial charge in [0.05, 0.1) is 4.92 Å². The average molecular weight is 270 g/mol. The molecular formula is C12H15FN2O4. The van der Waals surface area contributed by atoms with Gasteiger partial charge in [-0.2, -0.15) is 0 Å². The van der Waals surface area contributed by atoms with Gasteiger partial charge in [-0.25, -0.2) is 4.39 Å². The summed E-state index contributed by atoms with van der Waals surface area (Å²) in [4.78, 5) is 21.9. The number of halogens is 1. The fourth-order valence-electron chi connectivity index (χ4n) is 1.62.